The molecule has 44 heavy (non-hydrogen) atoms. The van der Waals surface area contributed by atoms with Crippen LogP contribution in [-0.4, -0.2) is 81.4 Å². The van der Waals surface area contributed by atoms with Crippen LogP contribution in [0.1, 0.15) is 44.9 Å². The summed E-state index contributed by atoms with van der Waals surface area (Å²) in [6.07, 6.45) is 7.70. The van der Waals surface area contributed by atoms with E-state index in [0.29, 0.717) is 37.1 Å². The molecular weight excluding hydrogens is 576 g/mol. The van der Waals surface area contributed by atoms with Crippen LogP contribution in [0.25, 0.3) is 21.9 Å². The van der Waals surface area contributed by atoms with Gasteiger partial charge in [0.05, 0.1) is 36.9 Å². The Hall–Kier alpha value is -4.00. The third kappa shape index (κ3) is 9.25. The van der Waals surface area contributed by atoms with Crippen LogP contribution in [0.2, 0.25) is 0 Å². The van der Waals surface area contributed by atoms with Crippen LogP contribution in [-0.2, 0) is 6.42 Å². The van der Waals surface area contributed by atoms with Crippen molar-refractivity contribution in [2.45, 2.75) is 46.5 Å². The molecule has 3 heterocycles. The maximum atomic E-state index is 9.16. The van der Waals surface area contributed by atoms with Gasteiger partial charge in [-0.25, -0.2) is 19.9 Å². The second kappa shape index (κ2) is 17.3. The molecule has 0 unspecified atom stereocenters. The lowest BCUT2D eigenvalue weighted by molar-refractivity contribution is 0.188. The summed E-state index contributed by atoms with van der Waals surface area (Å²) in [6, 6.07) is 11.7. The van der Waals surface area contributed by atoms with Gasteiger partial charge in [0.25, 0.3) is 0 Å². The number of aliphatic hydroxyl groups is 1. The molecule has 2 aromatic carbocycles. The molecule has 0 aliphatic carbocycles. The fourth-order valence-corrected chi connectivity index (χ4v) is 5.23. The molecule has 0 aliphatic heterocycles. The minimum absolute atomic E-state index is 0.162. The van der Waals surface area contributed by atoms with E-state index in [2.05, 4.69) is 61.2 Å². The van der Waals surface area contributed by atoms with Crippen molar-refractivity contribution in [3.63, 3.8) is 0 Å². The number of unbranched alkanes of at least 4 members (excludes halogenated alkanes) is 1. The van der Waals surface area contributed by atoms with Gasteiger partial charge in [-0.3, -0.25) is 0 Å². The van der Waals surface area contributed by atoms with Crippen LogP contribution in [0.15, 0.2) is 48.9 Å². The van der Waals surface area contributed by atoms with Crippen LogP contribution in [0.3, 0.4) is 0 Å². The minimum Gasteiger partial charge on any atom is -0.493 e. The number of rotatable bonds is 16. The summed E-state index contributed by atoms with van der Waals surface area (Å²) in [7, 11) is 1.63. The van der Waals surface area contributed by atoms with Crippen LogP contribution in [0.5, 0.6) is 11.5 Å². The van der Waals surface area contributed by atoms with Crippen molar-refractivity contribution >= 4 is 50.2 Å². The molecule has 0 fully saturated rings. The first kappa shape index (κ1) is 32.9. The quantitative estimate of drug-likeness (QED) is 0.0937. The number of nitrogens with zero attached hydrogens (tertiary/aromatic N) is 5. The van der Waals surface area contributed by atoms with Crippen molar-refractivity contribution in [3.05, 3.63) is 53.8 Å². The maximum absolute atomic E-state index is 9.16. The Balaban J connectivity index is 0.00000104. The fraction of sp³-hybridized carbons (Fsp3) is 0.438. The molecule has 3 aromatic heterocycles. The molecule has 0 bridgehead atoms. The van der Waals surface area contributed by atoms with Crippen molar-refractivity contribution in [2.24, 2.45) is 0 Å². The Labute approximate surface area is 263 Å². The largest absolute Gasteiger partial charge is 0.493 e. The molecule has 0 saturated carbocycles. The highest BCUT2D eigenvalue weighted by molar-refractivity contribution is 7.15. The number of hydrogen-bond acceptors (Lipinski definition) is 11. The lowest BCUT2D eigenvalue weighted by Gasteiger charge is -2.19. The number of likely N-dealkylation sites (N-methyl/N-ethyl adjacent to an activating group) is 1. The number of aromatic nitrogens is 5. The van der Waals surface area contributed by atoms with Crippen molar-refractivity contribution in [1.82, 2.24) is 29.8 Å². The number of nitrogens with one attached hydrogen (secondary N) is 3. The van der Waals surface area contributed by atoms with Crippen molar-refractivity contribution in [1.29, 1.82) is 0 Å². The Morgan fingerprint density at radius 3 is 2.59 bits per heavy atom. The van der Waals surface area contributed by atoms with Gasteiger partial charge in [0, 0.05) is 48.6 Å². The SMILES string of the molecule is CCCC.CCN(CCO)CCCOc1cc2ncnc(NCCc3cnc(Nc4nc5ccccc5[nH]4)s3)c2cc1OC. The molecule has 0 saturated heterocycles. The number of aromatic amines is 1. The number of para-hydroxylation sites is 2. The van der Waals surface area contributed by atoms with Gasteiger partial charge in [0.2, 0.25) is 5.95 Å². The molecule has 5 aromatic rings. The lowest BCUT2D eigenvalue weighted by atomic mass is 10.2. The molecule has 0 atom stereocenters. The molecule has 4 N–H and O–H groups in total. The number of aliphatic hydroxyl groups excluding tert-OH is 1. The van der Waals surface area contributed by atoms with Gasteiger partial charge < -0.3 is 35.1 Å². The van der Waals surface area contributed by atoms with E-state index in [4.69, 9.17) is 14.6 Å². The first-order chi connectivity index (χ1) is 21.6. The van der Waals surface area contributed by atoms with Crippen molar-refractivity contribution in [3.8, 4) is 11.5 Å². The van der Waals surface area contributed by atoms with Crippen LogP contribution >= 0.6 is 11.3 Å². The number of benzene rings is 2. The first-order valence-corrected chi connectivity index (χ1v) is 16.1. The normalized spacial score (nSPS) is 11.0. The summed E-state index contributed by atoms with van der Waals surface area (Å²) in [5, 5.41) is 17.5. The second-order valence-corrected chi connectivity index (χ2v) is 11.3. The summed E-state index contributed by atoms with van der Waals surface area (Å²) >= 11 is 1.59. The zero-order valence-corrected chi connectivity index (χ0v) is 26.9. The fourth-order valence-electron chi connectivity index (χ4n) is 4.42. The van der Waals surface area contributed by atoms with E-state index < -0.39 is 0 Å². The van der Waals surface area contributed by atoms with Gasteiger partial charge in [0.15, 0.2) is 16.6 Å². The number of anilines is 3. The van der Waals surface area contributed by atoms with Crippen LogP contribution in [0, 0.1) is 0 Å². The van der Waals surface area contributed by atoms with E-state index in [1.165, 1.54) is 12.8 Å². The van der Waals surface area contributed by atoms with Gasteiger partial charge in [-0.1, -0.05) is 45.7 Å². The monoisotopic (exact) mass is 620 g/mol. The standard InChI is InChI=1S/C28H34N8O3S.C4H10/c1-3-36(12-13-37)11-6-14-39-25-16-23-20(15-24(25)38-2)26(32-18-31-23)29-10-9-19-17-30-28(40-19)35-27-33-21-7-4-5-8-22(21)34-27;1-3-4-2/h4-5,7-8,15-18,37H,3,6,9-14H2,1-2H3,(H,29,31,32)(H2,30,33,34,35);3-4H2,1-2H3. The Morgan fingerprint density at radius 1 is 1.00 bits per heavy atom. The number of hydrogen-bond donors (Lipinski definition) is 4. The average molecular weight is 621 g/mol. The van der Waals surface area contributed by atoms with E-state index in [0.717, 1.165) is 63.7 Å². The topological polar surface area (TPSA) is 133 Å². The lowest BCUT2D eigenvalue weighted by Crippen LogP contribution is -2.28. The molecule has 12 heteroatoms. The van der Waals surface area contributed by atoms with E-state index in [1.54, 1.807) is 24.8 Å². The Morgan fingerprint density at radius 2 is 1.84 bits per heavy atom. The Kier molecular flexibility index (Phi) is 13.0. The van der Waals surface area contributed by atoms with Crippen molar-refractivity contribution in [2.75, 3.05) is 57.1 Å². The molecule has 236 valence electrons. The minimum atomic E-state index is 0.162. The summed E-state index contributed by atoms with van der Waals surface area (Å²) < 4.78 is 11.7. The van der Waals surface area contributed by atoms with E-state index in [1.807, 2.05) is 42.6 Å². The molecule has 5 rings (SSSR count). The molecule has 0 radical (unpaired) electrons. The Bertz CT molecular complexity index is 1540. The number of fused-ring (bicyclic) bond motifs is 2. The highest BCUT2D eigenvalue weighted by Gasteiger charge is 2.13. The number of H-pyrrole nitrogens is 1. The predicted molar refractivity (Wildman–Crippen MR) is 180 cm³/mol. The van der Waals surface area contributed by atoms with E-state index in [-0.39, 0.29) is 6.61 Å². The second-order valence-electron chi connectivity index (χ2n) is 10.1. The van der Waals surface area contributed by atoms with Gasteiger partial charge in [-0.05, 0) is 31.2 Å². The third-order valence-corrected chi connectivity index (χ3v) is 7.97. The third-order valence-electron chi connectivity index (χ3n) is 6.99. The predicted octanol–water partition coefficient (Wildman–Crippen LogP) is 6.26. The molecular formula is C32H44N8O3S. The van der Waals surface area contributed by atoms with Crippen LogP contribution in [0.4, 0.5) is 16.9 Å². The number of ether oxygens (including phenoxy) is 2. The summed E-state index contributed by atoms with van der Waals surface area (Å²) in [4.78, 5) is 24.5. The van der Waals surface area contributed by atoms with E-state index >= 15 is 0 Å². The summed E-state index contributed by atoms with van der Waals surface area (Å²) in [5.41, 5.74) is 2.67. The van der Waals surface area contributed by atoms with Gasteiger partial charge in [-0.2, -0.15) is 0 Å². The molecule has 0 aliphatic rings. The molecule has 11 nitrogen and oxygen atoms in total. The van der Waals surface area contributed by atoms with Gasteiger partial charge >= 0.3 is 0 Å². The summed E-state index contributed by atoms with van der Waals surface area (Å²) in [5.74, 6) is 2.70. The highest BCUT2D eigenvalue weighted by atomic mass is 32.1. The molecule has 0 spiro atoms. The molecule has 0 amide bonds. The van der Waals surface area contributed by atoms with Gasteiger partial charge in [0.1, 0.15) is 12.1 Å². The van der Waals surface area contributed by atoms with Crippen LogP contribution < -0.4 is 20.1 Å². The number of thiazole rings is 1. The zero-order valence-electron chi connectivity index (χ0n) is 26.1. The highest BCUT2D eigenvalue weighted by Crippen LogP contribution is 2.34. The van der Waals surface area contributed by atoms with E-state index in [9.17, 15) is 0 Å². The first-order valence-electron chi connectivity index (χ1n) is 15.3. The maximum Gasteiger partial charge on any atom is 0.207 e. The smallest absolute Gasteiger partial charge is 0.207 e. The zero-order chi connectivity index (χ0) is 31.1. The van der Waals surface area contributed by atoms with Gasteiger partial charge in [-0.15, -0.1) is 11.3 Å². The summed E-state index contributed by atoms with van der Waals surface area (Å²) in [6.45, 7) is 10.3. The number of methoxy groups -OCH3 is 1. The number of imidazole rings is 1. The van der Waals surface area contributed by atoms with Crippen molar-refractivity contribution < 1.29 is 14.6 Å². The average Bonchev–Trinajstić information content (AvgIpc) is 3.68.